The lowest BCUT2D eigenvalue weighted by Gasteiger charge is -2.33. The molecule has 214 valence electrons. The van der Waals surface area contributed by atoms with Gasteiger partial charge in [0.1, 0.15) is 17.2 Å². The highest BCUT2D eigenvalue weighted by molar-refractivity contribution is 6.84. The normalized spacial score (nSPS) is 12.7. The van der Waals surface area contributed by atoms with Crippen LogP contribution >= 0.6 is 0 Å². The van der Waals surface area contributed by atoms with E-state index in [-0.39, 0.29) is 6.92 Å². The van der Waals surface area contributed by atoms with Gasteiger partial charge in [-0.3, -0.25) is 0 Å². The van der Waals surface area contributed by atoms with E-state index in [1.807, 2.05) is 18.2 Å². The van der Waals surface area contributed by atoms with Crippen molar-refractivity contribution in [3.8, 4) is 56.3 Å². The Balaban J connectivity index is 1.22. The van der Waals surface area contributed by atoms with Gasteiger partial charge in [-0.25, -0.2) is 0 Å². The van der Waals surface area contributed by atoms with Crippen molar-refractivity contribution in [2.75, 3.05) is 0 Å². The van der Waals surface area contributed by atoms with E-state index in [2.05, 4.69) is 144 Å². The Kier molecular flexibility index (Phi) is 5.37. The minimum atomic E-state index is -0.255. The summed E-state index contributed by atoms with van der Waals surface area (Å²) in [6.45, 7) is -0.255. The molecule has 2 aliphatic rings. The summed E-state index contributed by atoms with van der Waals surface area (Å²) < 4.78 is 15.9. The first-order valence-electron chi connectivity index (χ1n) is 15.7. The molecule has 0 radical (unpaired) electrons. The molecule has 0 amide bonds. The number of para-hydroxylation sites is 4. The number of aromatic nitrogens is 1. The lowest BCUT2D eigenvalue weighted by molar-refractivity contribution is 0.479. The molecule has 3 nitrogen and oxygen atoms in total. The molecule has 0 saturated heterocycles. The maximum absolute atomic E-state index is 6.87. The number of hydrogen-bond donors (Lipinski definition) is 0. The Morgan fingerprint density at radius 2 is 1.11 bits per heavy atom. The summed E-state index contributed by atoms with van der Waals surface area (Å²) in [4.78, 5) is 0. The van der Waals surface area contributed by atoms with Gasteiger partial charge in [-0.1, -0.05) is 115 Å². The van der Waals surface area contributed by atoms with E-state index in [1.54, 1.807) is 0 Å². The molecule has 3 heterocycles. The molecule has 0 fully saturated rings. The van der Waals surface area contributed by atoms with Crippen LogP contribution in [0.2, 0.25) is 0 Å². The molecule has 0 saturated carbocycles. The van der Waals surface area contributed by atoms with Crippen LogP contribution in [-0.4, -0.2) is 11.5 Å². The van der Waals surface area contributed by atoms with Crippen LogP contribution < -0.4 is 20.3 Å². The number of benzene rings is 7. The molecule has 0 spiro atoms. The summed E-state index contributed by atoms with van der Waals surface area (Å²) in [5.41, 5.74) is 12.4. The summed E-state index contributed by atoms with van der Waals surface area (Å²) in [6, 6.07) is 55.9. The zero-order valence-corrected chi connectivity index (χ0v) is 24.9. The molecule has 8 aromatic rings. The summed E-state index contributed by atoms with van der Waals surface area (Å²) in [6.07, 6.45) is 0. The summed E-state index contributed by atoms with van der Waals surface area (Å²) >= 11 is 0. The Labute approximate surface area is 267 Å². The molecular formula is C42H26BNO2. The first-order valence-corrected chi connectivity index (χ1v) is 15.7. The minimum Gasteiger partial charge on any atom is -0.551 e. The summed E-state index contributed by atoms with van der Waals surface area (Å²) in [5, 5.41) is 2.49. The van der Waals surface area contributed by atoms with Crippen molar-refractivity contribution < 1.29 is 9.39 Å². The third-order valence-corrected chi connectivity index (χ3v) is 9.49. The van der Waals surface area contributed by atoms with Gasteiger partial charge in [0.2, 0.25) is 0 Å². The summed E-state index contributed by atoms with van der Waals surface area (Å²) in [5.74, 6) is 2.56. The van der Waals surface area contributed by atoms with Crippen molar-refractivity contribution in [2.45, 2.75) is 0 Å². The van der Waals surface area contributed by atoms with Gasteiger partial charge >= 0.3 is 6.92 Å². The fraction of sp³-hybridized carbons (Fsp3) is 0. The smallest absolute Gasteiger partial charge is 0.434 e. The number of fused-ring (bicyclic) bond motifs is 7. The number of nitrogens with zero attached hydrogens (tertiary/aromatic N) is 1. The third kappa shape index (κ3) is 3.67. The molecule has 0 N–H and O–H groups in total. The summed E-state index contributed by atoms with van der Waals surface area (Å²) in [7, 11) is 0. The van der Waals surface area contributed by atoms with Gasteiger partial charge in [0.05, 0.1) is 16.7 Å². The zero-order chi connectivity index (χ0) is 30.2. The van der Waals surface area contributed by atoms with Gasteiger partial charge in [0.15, 0.2) is 0 Å². The second-order valence-electron chi connectivity index (χ2n) is 12.0. The molecule has 46 heavy (non-hydrogen) atoms. The van der Waals surface area contributed by atoms with E-state index in [0.29, 0.717) is 0 Å². The molecule has 10 rings (SSSR count). The highest BCUT2D eigenvalue weighted by Gasteiger charge is 2.41. The molecular weight excluding hydrogens is 561 g/mol. The van der Waals surface area contributed by atoms with Crippen LogP contribution in [0.3, 0.4) is 0 Å². The van der Waals surface area contributed by atoms with Gasteiger partial charge in [-0.15, -0.1) is 0 Å². The SMILES string of the molecule is c1ccc(-c2ccc3c(c2)OB2c4ccccc4Oc4cc(-c5ccccc5-n5c6ccccc6c6ccccc65)cc-3c42)cc1. The Bertz CT molecular complexity index is 2440. The lowest BCUT2D eigenvalue weighted by atomic mass is 9.50. The predicted molar refractivity (Wildman–Crippen MR) is 189 cm³/mol. The third-order valence-electron chi connectivity index (χ3n) is 9.49. The highest BCUT2D eigenvalue weighted by atomic mass is 16.5. The van der Waals surface area contributed by atoms with Crippen LogP contribution in [0.1, 0.15) is 0 Å². The van der Waals surface area contributed by atoms with Crippen LogP contribution in [-0.2, 0) is 0 Å². The van der Waals surface area contributed by atoms with E-state index in [9.17, 15) is 0 Å². The number of ether oxygens (including phenoxy) is 1. The van der Waals surface area contributed by atoms with Crippen molar-refractivity contribution >= 4 is 39.6 Å². The second kappa shape index (κ2) is 9.75. The molecule has 0 atom stereocenters. The van der Waals surface area contributed by atoms with E-state index < -0.39 is 0 Å². The maximum atomic E-state index is 6.87. The average Bonchev–Trinajstić information content (AvgIpc) is 3.46. The van der Waals surface area contributed by atoms with E-state index in [4.69, 9.17) is 9.39 Å². The van der Waals surface area contributed by atoms with Crippen LogP contribution in [0, 0.1) is 0 Å². The molecule has 1 aromatic heterocycles. The predicted octanol–water partition coefficient (Wildman–Crippen LogP) is 9.39. The van der Waals surface area contributed by atoms with E-state index >= 15 is 0 Å². The first-order chi connectivity index (χ1) is 22.8. The van der Waals surface area contributed by atoms with Crippen LogP contribution in [0.4, 0.5) is 0 Å². The van der Waals surface area contributed by atoms with Gasteiger partial charge in [-0.2, -0.15) is 0 Å². The van der Waals surface area contributed by atoms with Crippen LogP contribution in [0.15, 0.2) is 158 Å². The second-order valence-corrected chi connectivity index (χ2v) is 12.0. The number of hydrogen-bond acceptors (Lipinski definition) is 2. The minimum absolute atomic E-state index is 0.255. The fourth-order valence-corrected chi connectivity index (χ4v) is 7.42. The average molecular weight is 587 g/mol. The molecule has 4 heteroatoms. The van der Waals surface area contributed by atoms with Crippen LogP contribution in [0.25, 0.3) is 60.9 Å². The number of rotatable bonds is 3. The zero-order valence-electron chi connectivity index (χ0n) is 24.9. The van der Waals surface area contributed by atoms with Crippen molar-refractivity contribution in [1.82, 2.24) is 4.57 Å². The van der Waals surface area contributed by atoms with Crippen molar-refractivity contribution in [3.05, 3.63) is 158 Å². The monoisotopic (exact) mass is 587 g/mol. The van der Waals surface area contributed by atoms with Crippen molar-refractivity contribution in [1.29, 1.82) is 0 Å². The highest BCUT2D eigenvalue weighted by Crippen LogP contribution is 2.44. The standard InChI is InChI=1S/C42H26BNO2/c1-2-12-27(13-3-1)28-22-23-33-34-24-29(26-41-42(34)43(46-40(33)25-28)35-17-7-11-21-39(35)45-41)30-14-4-8-18-36(30)44-37-19-9-5-15-31(37)32-16-6-10-20-38(32)44/h1-26H. The Morgan fingerprint density at radius 1 is 0.435 bits per heavy atom. The Hall–Kier alpha value is -6.00. The molecule has 0 bridgehead atoms. The molecule has 7 aromatic carbocycles. The van der Waals surface area contributed by atoms with Crippen LogP contribution in [0.5, 0.6) is 17.2 Å². The first kappa shape index (κ1) is 25.3. The van der Waals surface area contributed by atoms with Gasteiger partial charge in [0.25, 0.3) is 0 Å². The van der Waals surface area contributed by atoms with Crippen molar-refractivity contribution in [2.24, 2.45) is 0 Å². The topological polar surface area (TPSA) is 23.4 Å². The van der Waals surface area contributed by atoms with Gasteiger partial charge < -0.3 is 14.0 Å². The molecule has 0 aliphatic carbocycles. The molecule has 0 unspecified atom stereocenters. The van der Waals surface area contributed by atoms with Crippen molar-refractivity contribution in [3.63, 3.8) is 0 Å². The molecule has 2 aliphatic heterocycles. The van der Waals surface area contributed by atoms with Gasteiger partial charge in [0, 0.05) is 32.8 Å². The van der Waals surface area contributed by atoms with E-state index in [1.165, 1.54) is 27.4 Å². The maximum Gasteiger partial charge on any atom is 0.434 e. The largest absolute Gasteiger partial charge is 0.551 e. The Morgan fingerprint density at radius 3 is 1.93 bits per heavy atom. The quantitative estimate of drug-likeness (QED) is 0.192. The van der Waals surface area contributed by atoms with Gasteiger partial charge in [-0.05, 0) is 64.7 Å². The van der Waals surface area contributed by atoms with E-state index in [0.717, 1.165) is 61.7 Å². The lowest BCUT2D eigenvalue weighted by Crippen LogP contribution is -2.53. The fourth-order valence-electron chi connectivity index (χ4n) is 7.42.